The number of carbonyl (C=O) groups is 1. The number of hydrogen-bond acceptors (Lipinski definition) is 2. The molecule has 4 heteroatoms. The molecule has 0 radical (unpaired) electrons. The minimum Gasteiger partial charge on any atom is -1.00 e. The topological polar surface area (TPSA) is 26.3 Å². The SMILES string of the molecule is C=C(C)C(=O)OC(C)(C)CC[N+](C)(C)C.[Cl-]. The molecule has 0 aromatic rings. The minimum atomic E-state index is -0.415. The fraction of sp³-hybridized carbons (Fsp3) is 0.750. The van der Waals surface area contributed by atoms with Crippen molar-refractivity contribution in [3.8, 4) is 0 Å². The van der Waals surface area contributed by atoms with Gasteiger partial charge in [0.05, 0.1) is 27.7 Å². The second kappa shape index (κ2) is 6.26. The molecule has 0 aromatic carbocycles. The third-order valence-electron chi connectivity index (χ3n) is 2.10. The summed E-state index contributed by atoms with van der Waals surface area (Å²) in [4.78, 5) is 11.4. The smallest absolute Gasteiger partial charge is 0.333 e. The Morgan fingerprint density at radius 2 is 1.75 bits per heavy atom. The lowest BCUT2D eigenvalue weighted by Gasteiger charge is -2.30. The van der Waals surface area contributed by atoms with Crippen molar-refractivity contribution in [2.45, 2.75) is 32.8 Å². The van der Waals surface area contributed by atoms with Crippen molar-refractivity contribution in [2.75, 3.05) is 27.7 Å². The molecule has 0 fully saturated rings. The number of carbonyl (C=O) groups excluding carboxylic acids is 1. The Bertz CT molecular complexity index is 254. The highest BCUT2D eigenvalue weighted by atomic mass is 35.5. The van der Waals surface area contributed by atoms with E-state index in [0.717, 1.165) is 17.4 Å². The molecule has 0 aliphatic heterocycles. The predicted molar refractivity (Wildman–Crippen MR) is 62.5 cm³/mol. The largest absolute Gasteiger partial charge is 1.00 e. The molecule has 3 nitrogen and oxygen atoms in total. The van der Waals surface area contributed by atoms with Gasteiger partial charge >= 0.3 is 5.97 Å². The van der Waals surface area contributed by atoms with E-state index in [1.54, 1.807) is 6.92 Å². The molecule has 96 valence electrons. The van der Waals surface area contributed by atoms with Crippen LogP contribution < -0.4 is 12.4 Å². The van der Waals surface area contributed by atoms with Crippen LogP contribution >= 0.6 is 0 Å². The molecule has 0 atom stereocenters. The molecule has 0 aliphatic carbocycles. The standard InChI is InChI=1S/C12H24NO2.ClH/c1-10(2)11(14)15-12(3,4)8-9-13(5,6)7;/h1,8-9H2,2-7H3;1H/q+1;/p-1. The zero-order valence-corrected chi connectivity index (χ0v) is 12.0. The third kappa shape index (κ3) is 8.74. The van der Waals surface area contributed by atoms with E-state index in [-0.39, 0.29) is 18.4 Å². The van der Waals surface area contributed by atoms with E-state index in [2.05, 4.69) is 27.7 Å². The summed E-state index contributed by atoms with van der Waals surface area (Å²) in [6, 6.07) is 0. The van der Waals surface area contributed by atoms with Gasteiger partial charge in [0, 0.05) is 12.0 Å². The summed E-state index contributed by atoms with van der Waals surface area (Å²) in [7, 11) is 6.37. The number of halogens is 1. The molecule has 16 heavy (non-hydrogen) atoms. The Balaban J connectivity index is 0. The molecule has 0 N–H and O–H groups in total. The minimum absolute atomic E-state index is 0. The summed E-state index contributed by atoms with van der Waals surface area (Å²) < 4.78 is 6.22. The number of nitrogens with zero attached hydrogens (tertiary/aromatic N) is 1. The molecule has 0 unspecified atom stereocenters. The van der Waals surface area contributed by atoms with Crippen LogP contribution in [0.2, 0.25) is 0 Å². The average molecular weight is 250 g/mol. The lowest BCUT2D eigenvalue weighted by atomic mass is 10.0. The monoisotopic (exact) mass is 249 g/mol. The first-order valence-electron chi connectivity index (χ1n) is 5.23. The van der Waals surface area contributed by atoms with Gasteiger partial charge in [-0.15, -0.1) is 0 Å². The number of quaternary nitrogens is 1. The molecule has 0 rings (SSSR count). The van der Waals surface area contributed by atoms with Gasteiger partial charge in [-0.05, 0) is 20.8 Å². The van der Waals surface area contributed by atoms with Crippen LogP contribution in [-0.2, 0) is 9.53 Å². The van der Waals surface area contributed by atoms with Crippen LogP contribution in [0.5, 0.6) is 0 Å². The van der Waals surface area contributed by atoms with Gasteiger partial charge in [0.1, 0.15) is 5.60 Å². The average Bonchev–Trinajstić information content (AvgIpc) is 1.99. The van der Waals surface area contributed by atoms with Crippen LogP contribution in [0.25, 0.3) is 0 Å². The lowest BCUT2D eigenvalue weighted by molar-refractivity contribution is -0.871. The van der Waals surface area contributed by atoms with Crippen LogP contribution in [0.4, 0.5) is 0 Å². The number of rotatable bonds is 5. The van der Waals surface area contributed by atoms with E-state index in [0.29, 0.717) is 5.57 Å². The van der Waals surface area contributed by atoms with Crippen molar-refractivity contribution < 1.29 is 26.4 Å². The maximum absolute atomic E-state index is 11.4. The summed E-state index contributed by atoms with van der Waals surface area (Å²) in [6.07, 6.45) is 0.843. The summed E-state index contributed by atoms with van der Waals surface area (Å²) in [5.74, 6) is -0.304. The number of hydrogen-bond donors (Lipinski definition) is 0. The van der Waals surface area contributed by atoms with E-state index >= 15 is 0 Å². The summed E-state index contributed by atoms with van der Waals surface area (Å²) in [6.45, 7) is 10.1. The maximum atomic E-state index is 11.4. The van der Waals surface area contributed by atoms with E-state index in [9.17, 15) is 4.79 Å². The Labute approximate surface area is 105 Å². The highest BCUT2D eigenvalue weighted by Crippen LogP contribution is 2.17. The molecular formula is C12H24ClNO2. The quantitative estimate of drug-likeness (QED) is 0.355. The van der Waals surface area contributed by atoms with Gasteiger partial charge in [-0.2, -0.15) is 0 Å². The van der Waals surface area contributed by atoms with Crippen LogP contribution in [0, 0.1) is 0 Å². The summed E-state index contributed by atoms with van der Waals surface area (Å²) >= 11 is 0. The van der Waals surface area contributed by atoms with Crippen LogP contribution in [-0.4, -0.2) is 43.7 Å². The zero-order valence-electron chi connectivity index (χ0n) is 11.3. The zero-order chi connectivity index (χ0) is 12.3. The van der Waals surface area contributed by atoms with E-state index in [4.69, 9.17) is 4.74 Å². The van der Waals surface area contributed by atoms with E-state index < -0.39 is 5.60 Å². The summed E-state index contributed by atoms with van der Waals surface area (Å²) in [5, 5.41) is 0. The second-order valence-electron chi connectivity index (χ2n) is 5.69. The normalized spacial score (nSPS) is 11.6. The fourth-order valence-electron chi connectivity index (χ4n) is 0.994. The van der Waals surface area contributed by atoms with Crippen molar-refractivity contribution >= 4 is 5.97 Å². The van der Waals surface area contributed by atoms with Gasteiger partial charge in [-0.1, -0.05) is 6.58 Å². The van der Waals surface area contributed by atoms with Gasteiger partial charge < -0.3 is 21.6 Å². The van der Waals surface area contributed by atoms with Crippen molar-refractivity contribution in [3.63, 3.8) is 0 Å². The van der Waals surface area contributed by atoms with Crippen molar-refractivity contribution in [3.05, 3.63) is 12.2 Å². The summed E-state index contributed by atoms with van der Waals surface area (Å²) in [5.41, 5.74) is 0.0370. The second-order valence-corrected chi connectivity index (χ2v) is 5.69. The Kier molecular flexibility index (Phi) is 6.98. The Morgan fingerprint density at radius 1 is 1.31 bits per heavy atom. The van der Waals surface area contributed by atoms with Crippen LogP contribution in [0.3, 0.4) is 0 Å². The third-order valence-corrected chi connectivity index (χ3v) is 2.10. The lowest BCUT2D eigenvalue weighted by Crippen LogP contribution is -3.00. The van der Waals surface area contributed by atoms with Crippen molar-refractivity contribution in [2.24, 2.45) is 0 Å². The molecule has 0 bridgehead atoms. The highest BCUT2D eigenvalue weighted by Gasteiger charge is 2.25. The molecule has 0 saturated heterocycles. The van der Waals surface area contributed by atoms with Gasteiger partial charge in [-0.25, -0.2) is 4.79 Å². The molecule has 0 aliphatic rings. The molecular weight excluding hydrogens is 226 g/mol. The van der Waals surface area contributed by atoms with E-state index in [1.807, 2.05) is 13.8 Å². The molecule has 0 spiro atoms. The highest BCUT2D eigenvalue weighted by molar-refractivity contribution is 5.87. The van der Waals surface area contributed by atoms with Gasteiger partial charge in [0.15, 0.2) is 0 Å². The van der Waals surface area contributed by atoms with Crippen molar-refractivity contribution in [1.82, 2.24) is 0 Å². The Morgan fingerprint density at radius 3 is 2.06 bits per heavy atom. The van der Waals surface area contributed by atoms with Crippen LogP contribution in [0.1, 0.15) is 27.2 Å². The number of ether oxygens (including phenoxy) is 1. The molecule has 0 amide bonds. The van der Waals surface area contributed by atoms with Crippen molar-refractivity contribution in [1.29, 1.82) is 0 Å². The van der Waals surface area contributed by atoms with Gasteiger partial charge in [0.25, 0.3) is 0 Å². The predicted octanol–water partition coefficient (Wildman–Crippen LogP) is -1.02. The first kappa shape index (κ1) is 17.8. The molecule has 0 heterocycles. The van der Waals surface area contributed by atoms with Crippen LogP contribution in [0.15, 0.2) is 12.2 Å². The molecule has 0 saturated carbocycles. The Hall–Kier alpha value is -0.540. The maximum Gasteiger partial charge on any atom is 0.333 e. The van der Waals surface area contributed by atoms with Gasteiger partial charge in [0.2, 0.25) is 0 Å². The number of esters is 1. The first-order chi connectivity index (χ1) is 6.53. The molecule has 0 aromatic heterocycles. The van der Waals surface area contributed by atoms with Gasteiger partial charge in [-0.3, -0.25) is 0 Å². The first-order valence-corrected chi connectivity index (χ1v) is 5.23. The van der Waals surface area contributed by atoms with E-state index in [1.165, 1.54) is 0 Å². The fourth-order valence-corrected chi connectivity index (χ4v) is 0.994.